The number of carbonyl (C=O) groups is 2. The Labute approximate surface area is 124 Å². The number of amides is 2. The Kier molecular flexibility index (Phi) is 4.80. The standard InChI is InChI=1S/C12H14N4O2S2/c1-7(2)11-15-16-12(20-11)14-9(17)6-13-10(18)8-4-3-5-19-8/h3-5,7H,6H2,1-2H3,(H,13,18)(H,14,16,17). The molecule has 0 unspecified atom stereocenters. The average Bonchev–Trinajstić information content (AvgIpc) is 3.06. The highest BCUT2D eigenvalue weighted by Gasteiger charge is 2.12. The Morgan fingerprint density at radius 2 is 2.15 bits per heavy atom. The van der Waals surface area contributed by atoms with Gasteiger partial charge in [-0.15, -0.1) is 21.5 Å². The molecular weight excluding hydrogens is 296 g/mol. The smallest absolute Gasteiger partial charge is 0.261 e. The van der Waals surface area contributed by atoms with Gasteiger partial charge in [0.1, 0.15) is 5.01 Å². The lowest BCUT2D eigenvalue weighted by atomic mass is 10.2. The molecule has 106 valence electrons. The van der Waals surface area contributed by atoms with Crippen LogP contribution < -0.4 is 10.6 Å². The van der Waals surface area contributed by atoms with E-state index in [1.807, 2.05) is 19.2 Å². The second-order valence-corrected chi connectivity index (χ2v) is 6.27. The zero-order chi connectivity index (χ0) is 14.5. The lowest BCUT2D eigenvalue weighted by Crippen LogP contribution is -2.32. The molecule has 0 spiro atoms. The third kappa shape index (κ3) is 3.84. The zero-order valence-corrected chi connectivity index (χ0v) is 12.7. The van der Waals surface area contributed by atoms with Crippen LogP contribution in [0.5, 0.6) is 0 Å². The molecule has 20 heavy (non-hydrogen) atoms. The number of thiophene rings is 1. The number of nitrogens with zero attached hydrogens (tertiary/aromatic N) is 2. The minimum Gasteiger partial charge on any atom is -0.342 e. The molecule has 2 heterocycles. The van der Waals surface area contributed by atoms with Crippen molar-refractivity contribution >= 4 is 39.6 Å². The van der Waals surface area contributed by atoms with Crippen LogP contribution in [-0.4, -0.2) is 28.6 Å². The van der Waals surface area contributed by atoms with Crippen LogP contribution in [0.1, 0.15) is 34.4 Å². The predicted molar refractivity (Wildman–Crippen MR) is 79.3 cm³/mol. The van der Waals surface area contributed by atoms with Crippen molar-refractivity contribution in [3.63, 3.8) is 0 Å². The molecule has 0 saturated carbocycles. The first-order valence-corrected chi connectivity index (χ1v) is 7.71. The Morgan fingerprint density at radius 3 is 2.75 bits per heavy atom. The van der Waals surface area contributed by atoms with Gasteiger partial charge in [0.2, 0.25) is 11.0 Å². The first kappa shape index (κ1) is 14.6. The summed E-state index contributed by atoms with van der Waals surface area (Å²) in [5.74, 6) is -0.298. The molecule has 0 bridgehead atoms. The van der Waals surface area contributed by atoms with Crippen molar-refractivity contribution in [1.29, 1.82) is 0 Å². The molecule has 2 aromatic heterocycles. The van der Waals surface area contributed by atoms with Gasteiger partial charge < -0.3 is 5.32 Å². The largest absolute Gasteiger partial charge is 0.342 e. The Balaban J connectivity index is 1.82. The third-order valence-electron chi connectivity index (χ3n) is 2.34. The van der Waals surface area contributed by atoms with Crippen molar-refractivity contribution in [3.05, 3.63) is 27.4 Å². The van der Waals surface area contributed by atoms with Crippen LogP contribution in [0.3, 0.4) is 0 Å². The maximum absolute atomic E-state index is 11.7. The normalized spacial score (nSPS) is 10.6. The van der Waals surface area contributed by atoms with Gasteiger partial charge in [0.25, 0.3) is 5.91 Å². The summed E-state index contributed by atoms with van der Waals surface area (Å²) in [6.45, 7) is 3.92. The van der Waals surface area contributed by atoms with Crippen molar-refractivity contribution < 1.29 is 9.59 Å². The molecule has 0 aliphatic heterocycles. The first-order chi connectivity index (χ1) is 9.56. The summed E-state index contributed by atoms with van der Waals surface area (Å²) in [6, 6.07) is 3.49. The van der Waals surface area contributed by atoms with Gasteiger partial charge >= 0.3 is 0 Å². The molecule has 0 aliphatic carbocycles. The maximum Gasteiger partial charge on any atom is 0.261 e. The summed E-state index contributed by atoms with van der Waals surface area (Å²) in [5.41, 5.74) is 0. The van der Waals surface area contributed by atoms with Gasteiger partial charge in [-0.1, -0.05) is 31.3 Å². The summed E-state index contributed by atoms with van der Waals surface area (Å²) in [7, 11) is 0. The van der Waals surface area contributed by atoms with Gasteiger partial charge in [0, 0.05) is 5.92 Å². The number of hydrogen-bond donors (Lipinski definition) is 2. The van der Waals surface area contributed by atoms with E-state index in [-0.39, 0.29) is 24.3 Å². The fraction of sp³-hybridized carbons (Fsp3) is 0.333. The summed E-state index contributed by atoms with van der Waals surface area (Å²) >= 11 is 2.67. The van der Waals surface area contributed by atoms with E-state index >= 15 is 0 Å². The maximum atomic E-state index is 11.7. The molecule has 0 aromatic carbocycles. The molecule has 0 fully saturated rings. The minimum absolute atomic E-state index is 0.0900. The molecule has 0 radical (unpaired) electrons. The molecule has 0 saturated heterocycles. The SMILES string of the molecule is CC(C)c1nnc(NC(=O)CNC(=O)c2cccs2)s1. The lowest BCUT2D eigenvalue weighted by molar-refractivity contribution is -0.115. The van der Waals surface area contributed by atoms with E-state index in [0.29, 0.717) is 10.0 Å². The van der Waals surface area contributed by atoms with Crippen LogP contribution in [0.4, 0.5) is 5.13 Å². The Hall–Kier alpha value is -1.80. The van der Waals surface area contributed by atoms with Crippen molar-refractivity contribution in [2.75, 3.05) is 11.9 Å². The Morgan fingerprint density at radius 1 is 1.35 bits per heavy atom. The van der Waals surface area contributed by atoms with Crippen LogP contribution >= 0.6 is 22.7 Å². The summed E-state index contributed by atoms with van der Waals surface area (Å²) < 4.78 is 0. The lowest BCUT2D eigenvalue weighted by Gasteiger charge is -2.03. The van der Waals surface area contributed by atoms with Gasteiger partial charge in [-0.05, 0) is 11.4 Å². The zero-order valence-electron chi connectivity index (χ0n) is 11.0. The third-order valence-corrected chi connectivity index (χ3v) is 4.34. The van der Waals surface area contributed by atoms with E-state index in [4.69, 9.17) is 0 Å². The summed E-state index contributed by atoms with van der Waals surface area (Å²) in [6.07, 6.45) is 0. The first-order valence-electron chi connectivity index (χ1n) is 6.01. The second-order valence-electron chi connectivity index (χ2n) is 4.31. The van der Waals surface area contributed by atoms with Gasteiger partial charge in [-0.3, -0.25) is 14.9 Å². The number of aromatic nitrogens is 2. The van der Waals surface area contributed by atoms with E-state index < -0.39 is 0 Å². The molecule has 2 amide bonds. The number of carbonyl (C=O) groups excluding carboxylic acids is 2. The van der Waals surface area contributed by atoms with Crippen LogP contribution in [0, 0.1) is 0 Å². The highest BCUT2D eigenvalue weighted by Crippen LogP contribution is 2.22. The van der Waals surface area contributed by atoms with E-state index in [0.717, 1.165) is 5.01 Å². The van der Waals surface area contributed by atoms with Gasteiger partial charge in [0.15, 0.2) is 0 Å². The van der Waals surface area contributed by atoms with Gasteiger partial charge in [-0.25, -0.2) is 0 Å². The molecule has 2 N–H and O–H groups in total. The average molecular weight is 310 g/mol. The topological polar surface area (TPSA) is 84.0 Å². The van der Waals surface area contributed by atoms with Crippen molar-refractivity contribution in [2.24, 2.45) is 0 Å². The minimum atomic E-state index is -0.318. The number of hydrogen-bond acceptors (Lipinski definition) is 6. The molecule has 2 rings (SSSR count). The van der Waals surface area contributed by atoms with Crippen LogP contribution in [0.15, 0.2) is 17.5 Å². The van der Waals surface area contributed by atoms with Gasteiger partial charge in [0.05, 0.1) is 11.4 Å². The highest BCUT2D eigenvalue weighted by atomic mass is 32.1. The molecule has 0 atom stereocenters. The molecule has 0 aliphatic rings. The monoisotopic (exact) mass is 310 g/mol. The van der Waals surface area contributed by atoms with Crippen LogP contribution in [0.2, 0.25) is 0 Å². The number of rotatable bonds is 5. The van der Waals surface area contributed by atoms with Crippen molar-refractivity contribution in [2.45, 2.75) is 19.8 Å². The summed E-state index contributed by atoms with van der Waals surface area (Å²) in [5, 5.41) is 16.1. The van der Waals surface area contributed by atoms with E-state index in [2.05, 4.69) is 20.8 Å². The predicted octanol–water partition coefficient (Wildman–Crippen LogP) is 2.09. The van der Waals surface area contributed by atoms with E-state index in [1.165, 1.54) is 22.7 Å². The van der Waals surface area contributed by atoms with Crippen LogP contribution in [-0.2, 0) is 4.79 Å². The van der Waals surface area contributed by atoms with E-state index in [1.54, 1.807) is 12.1 Å². The number of anilines is 1. The molecule has 8 heteroatoms. The Bertz CT molecular complexity index is 592. The molecular formula is C12H14N4O2S2. The fourth-order valence-electron chi connectivity index (χ4n) is 1.34. The fourth-order valence-corrected chi connectivity index (χ4v) is 2.74. The van der Waals surface area contributed by atoms with Crippen LogP contribution in [0.25, 0.3) is 0 Å². The van der Waals surface area contributed by atoms with Crippen molar-refractivity contribution in [1.82, 2.24) is 15.5 Å². The van der Waals surface area contributed by atoms with E-state index in [9.17, 15) is 9.59 Å². The highest BCUT2D eigenvalue weighted by molar-refractivity contribution is 7.15. The molecule has 2 aromatic rings. The summed E-state index contributed by atoms with van der Waals surface area (Å²) in [4.78, 5) is 23.9. The van der Waals surface area contributed by atoms with Crippen molar-refractivity contribution in [3.8, 4) is 0 Å². The molecule has 6 nitrogen and oxygen atoms in total. The van der Waals surface area contributed by atoms with Gasteiger partial charge in [-0.2, -0.15) is 0 Å². The quantitative estimate of drug-likeness (QED) is 0.885. The number of nitrogens with one attached hydrogen (secondary N) is 2. The second kappa shape index (κ2) is 6.58.